The molecule has 1 aliphatic heterocycles. The number of amides is 3. The van der Waals surface area contributed by atoms with Gasteiger partial charge in [0.05, 0.1) is 17.8 Å². The molecule has 29 heavy (non-hydrogen) atoms. The number of nitrogens with two attached hydrogens (primary N) is 1. The number of anilines is 2. The molecule has 1 saturated heterocycles. The number of piperazine rings is 1. The summed E-state index contributed by atoms with van der Waals surface area (Å²) in [5.74, 6) is -0.749. The minimum Gasteiger partial charge on any atom is -0.366 e. The Morgan fingerprint density at radius 1 is 1.07 bits per heavy atom. The van der Waals surface area contributed by atoms with Crippen molar-refractivity contribution in [1.82, 2.24) is 4.90 Å². The number of halogens is 1. The quantitative estimate of drug-likeness (QED) is 0.727. The maximum absolute atomic E-state index is 12.5. The lowest BCUT2D eigenvalue weighted by Gasteiger charge is -2.34. The summed E-state index contributed by atoms with van der Waals surface area (Å²) in [6.45, 7) is 2.29. The summed E-state index contributed by atoms with van der Waals surface area (Å²) < 4.78 is 0. The van der Waals surface area contributed by atoms with E-state index in [-0.39, 0.29) is 17.4 Å². The number of para-hydroxylation sites is 1. The van der Waals surface area contributed by atoms with E-state index < -0.39 is 5.91 Å². The summed E-state index contributed by atoms with van der Waals surface area (Å²) in [4.78, 5) is 39.9. The van der Waals surface area contributed by atoms with Crippen LogP contribution in [0.3, 0.4) is 0 Å². The van der Waals surface area contributed by atoms with Gasteiger partial charge in [-0.25, -0.2) is 0 Å². The second-order valence-electron chi connectivity index (χ2n) is 6.86. The van der Waals surface area contributed by atoms with Gasteiger partial charge in [0.25, 0.3) is 5.91 Å². The fourth-order valence-electron chi connectivity index (χ4n) is 3.29. The fraction of sp³-hybridized carbons (Fsp3) is 0.286. The molecule has 3 amide bonds. The van der Waals surface area contributed by atoms with Gasteiger partial charge in [0.15, 0.2) is 0 Å². The van der Waals surface area contributed by atoms with Gasteiger partial charge in [-0.3, -0.25) is 19.3 Å². The highest BCUT2D eigenvalue weighted by molar-refractivity contribution is 6.30. The topological polar surface area (TPSA) is 95.7 Å². The van der Waals surface area contributed by atoms with Gasteiger partial charge in [0.1, 0.15) is 0 Å². The summed E-state index contributed by atoms with van der Waals surface area (Å²) >= 11 is 5.90. The van der Waals surface area contributed by atoms with E-state index in [0.717, 1.165) is 12.2 Å². The molecule has 7 nitrogen and oxygen atoms in total. The molecule has 1 aliphatic rings. The monoisotopic (exact) mass is 414 g/mol. The second-order valence-corrected chi connectivity index (χ2v) is 7.30. The van der Waals surface area contributed by atoms with Crippen LogP contribution in [0.5, 0.6) is 0 Å². The van der Waals surface area contributed by atoms with Gasteiger partial charge in [0, 0.05) is 30.2 Å². The maximum atomic E-state index is 12.5. The van der Waals surface area contributed by atoms with Gasteiger partial charge in [-0.2, -0.15) is 0 Å². The normalized spacial score (nSPS) is 14.7. The van der Waals surface area contributed by atoms with Crippen molar-refractivity contribution in [2.24, 2.45) is 5.73 Å². The van der Waals surface area contributed by atoms with Gasteiger partial charge in [-0.15, -0.1) is 0 Å². The molecule has 2 aromatic rings. The lowest BCUT2D eigenvalue weighted by molar-refractivity contribution is -0.121. The number of carbonyl (C=O) groups is 3. The Bertz CT molecular complexity index is 901. The number of nitrogens with zero attached hydrogens (tertiary/aromatic N) is 2. The van der Waals surface area contributed by atoms with E-state index >= 15 is 0 Å². The second kappa shape index (κ2) is 9.54. The Balaban J connectivity index is 1.45. The van der Waals surface area contributed by atoms with Crippen molar-refractivity contribution >= 4 is 40.7 Å². The first-order valence-electron chi connectivity index (χ1n) is 9.41. The average Bonchev–Trinajstić information content (AvgIpc) is 2.69. The van der Waals surface area contributed by atoms with E-state index in [4.69, 9.17) is 17.3 Å². The highest BCUT2D eigenvalue weighted by Gasteiger charge is 2.24. The minimum absolute atomic E-state index is 0.0263. The highest BCUT2D eigenvalue weighted by Crippen LogP contribution is 2.20. The van der Waals surface area contributed by atoms with Gasteiger partial charge in [0.2, 0.25) is 11.8 Å². The van der Waals surface area contributed by atoms with Crippen LogP contribution in [0, 0.1) is 0 Å². The molecule has 0 aliphatic carbocycles. The molecule has 0 bridgehead atoms. The lowest BCUT2D eigenvalue weighted by Crippen LogP contribution is -2.50. The third kappa shape index (κ3) is 5.56. The van der Waals surface area contributed by atoms with Gasteiger partial charge >= 0.3 is 0 Å². The molecular weight excluding hydrogens is 392 g/mol. The van der Waals surface area contributed by atoms with Crippen molar-refractivity contribution in [3.63, 3.8) is 0 Å². The van der Waals surface area contributed by atoms with Crippen LogP contribution in [-0.4, -0.2) is 48.8 Å². The molecule has 0 spiro atoms. The van der Waals surface area contributed by atoms with Crippen LogP contribution >= 0.6 is 11.6 Å². The molecule has 0 atom stereocenters. The van der Waals surface area contributed by atoms with Crippen LogP contribution in [0.4, 0.5) is 11.4 Å². The SMILES string of the molecule is NC(=O)c1ccccc1NC(=O)CCCN1CCN(c2ccc(Cl)cc2)C(=O)C1. The molecule has 8 heteroatoms. The zero-order valence-electron chi connectivity index (χ0n) is 15.9. The summed E-state index contributed by atoms with van der Waals surface area (Å²) in [5.41, 5.74) is 6.86. The first-order chi connectivity index (χ1) is 13.9. The largest absolute Gasteiger partial charge is 0.366 e. The first-order valence-corrected chi connectivity index (χ1v) is 9.79. The fourth-order valence-corrected chi connectivity index (χ4v) is 3.42. The minimum atomic E-state index is -0.585. The third-order valence-electron chi connectivity index (χ3n) is 4.78. The molecule has 3 N–H and O–H groups in total. The number of benzene rings is 2. The Kier molecular flexibility index (Phi) is 6.85. The Morgan fingerprint density at radius 2 is 1.79 bits per heavy atom. The smallest absolute Gasteiger partial charge is 0.250 e. The van der Waals surface area contributed by atoms with Crippen molar-refractivity contribution in [3.05, 3.63) is 59.1 Å². The highest BCUT2D eigenvalue weighted by atomic mass is 35.5. The van der Waals surface area contributed by atoms with Crippen molar-refractivity contribution in [2.45, 2.75) is 12.8 Å². The third-order valence-corrected chi connectivity index (χ3v) is 5.03. The van der Waals surface area contributed by atoms with Crippen LogP contribution in [0.1, 0.15) is 23.2 Å². The number of rotatable bonds is 7. The predicted molar refractivity (Wildman–Crippen MR) is 113 cm³/mol. The van der Waals surface area contributed by atoms with E-state index in [1.807, 2.05) is 17.0 Å². The van der Waals surface area contributed by atoms with Gasteiger partial charge in [-0.05, 0) is 49.4 Å². The van der Waals surface area contributed by atoms with Crippen LogP contribution in [0.15, 0.2) is 48.5 Å². The van der Waals surface area contributed by atoms with E-state index in [2.05, 4.69) is 5.32 Å². The molecule has 0 saturated carbocycles. The molecule has 152 valence electrons. The van der Waals surface area contributed by atoms with Gasteiger partial charge in [-0.1, -0.05) is 23.7 Å². The number of hydrogen-bond donors (Lipinski definition) is 2. The van der Waals surface area contributed by atoms with Crippen molar-refractivity contribution in [3.8, 4) is 0 Å². The van der Waals surface area contributed by atoms with Crippen molar-refractivity contribution < 1.29 is 14.4 Å². The van der Waals surface area contributed by atoms with E-state index in [1.54, 1.807) is 41.3 Å². The lowest BCUT2D eigenvalue weighted by atomic mass is 10.1. The molecule has 3 rings (SSSR count). The zero-order valence-corrected chi connectivity index (χ0v) is 16.7. The van der Waals surface area contributed by atoms with Crippen molar-refractivity contribution in [1.29, 1.82) is 0 Å². The molecule has 2 aromatic carbocycles. The molecular formula is C21H23ClN4O3. The number of hydrogen-bond acceptors (Lipinski definition) is 4. The summed E-state index contributed by atoms with van der Waals surface area (Å²) in [5, 5.41) is 3.36. The molecule has 1 heterocycles. The van der Waals surface area contributed by atoms with Gasteiger partial charge < -0.3 is 16.0 Å². The number of primary amides is 1. The van der Waals surface area contributed by atoms with Crippen LogP contribution in [-0.2, 0) is 9.59 Å². The molecule has 0 unspecified atom stereocenters. The van der Waals surface area contributed by atoms with E-state index in [1.165, 1.54) is 0 Å². The zero-order chi connectivity index (χ0) is 20.8. The maximum Gasteiger partial charge on any atom is 0.250 e. The molecule has 0 aromatic heterocycles. The summed E-state index contributed by atoms with van der Waals surface area (Å²) in [6.07, 6.45) is 0.900. The number of carbonyl (C=O) groups excluding carboxylic acids is 3. The van der Waals surface area contributed by atoms with Crippen LogP contribution < -0.4 is 16.0 Å². The van der Waals surface area contributed by atoms with Crippen LogP contribution in [0.2, 0.25) is 5.02 Å². The van der Waals surface area contributed by atoms with E-state index in [0.29, 0.717) is 43.2 Å². The standard InChI is InChI=1S/C21H23ClN4O3/c22-15-7-9-16(10-8-15)26-13-12-25(14-20(26)28)11-3-6-19(27)24-18-5-2-1-4-17(18)21(23)29/h1-2,4-5,7-10H,3,6,11-14H2,(H2,23,29)(H,24,27). The molecule has 1 fully saturated rings. The average molecular weight is 415 g/mol. The predicted octanol–water partition coefficient (Wildman–Crippen LogP) is 2.51. The Labute approximate surface area is 174 Å². The number of nitrogens with one attached hydrogen (secondary N) is 1. The summed E-state index contributed by atoms with van der Waals surface area (Å²) in [6, 6.07) is 13.9. The van der Waals surface area contributed by atoms with E-state index in [9.17, 15) is 14.4 Å². The Morgan fingerprint density at radius 3 is 2.48 bits per heavy atom. The summed E-state index contributed by atoms with van der Waals surface area (Å²) in [7, 11) is 0. The first kappa shape index (κ1) is 20.8. The Hall–Kier alpha value is -2.90. The van der Waals surface area contributed by atoms with Crippen molar-refractivity contribution in [2.75, 3.05) is 36.4 Å². The van der Waals surface area contributed by atoms with Crippen LogP contribution in [0.25, 0.3) is 0 Å². The molecule has 0 radical (unpaired) electrons.